The maximum atomic E-state index is 14.4. The summed E-state index contributed by atoms with van der Waals surface area (Å²) in [6, 6.07) is 21.4. The van der Waals surface area contributed by atoms with Crippen molar-refractivity contribution in [2.75, 3.05) is 20.1 Å². The Morgan fingerprint density at radius 1 is 0.889 bits per heavy atom. The Bertz CT molecular complexity index is 1700. The standard InChI is InChI=1S/C42H58N6O6/c1-8-28(2)36(48-23-22-47(40(48)52)27-32-21-15-16-29(3)43-32)38(50)44-33(24-30-17-11-9-12-18-30)26-35(49)34(25-31-19-13-10-14-20-31)45-39(51)37(42(4,5)6)46(7)41(53)54/h9-21,28,33-37,49H,8,22-27H2,1-7H3,(H,44,50)(H,45,51)(H,53,54)/t28?,33-,34-,35+,36-,37+/m0/s1. The Hall–Kier alpha value is -4.97. The normalized spacial score (nSPS) is 16.6. The van der Waals surface area contributed by atoms with E-state index in [2.05, 4.69) is 15.6 Å². The molecule has 0 saturated carbocycles. The molecule has 54 heavy (non-hydrogen) atoms. The fourth-order valence-electron chi connectivity index (χ4n) is 7.33. The average Bonchev–Trinajstić information content (AvgIpc) is 3.46. The van der Waals surface area contributed by atoms with Gasteiger partial charge in [-0.2, -0.15) is 0 Å². The lowest BCUT2D eigenvalue weighted by Gasteiger charge is -2.37. The number of carbonyl (C=O) groups is 4. The van der Waals surface area contributed by atoms with Crippen LogP contribution in [0.1, 0.15) is 70.0 Å². The van der Waals surface area contributed by atoms with Crippen molar-refractivity contribution in [3.05, 3.63) is 101 Å². The lowest BCUT2D eigenvalue weighted by molar-refractivity contribution is -0.131. The zero-order valence-electron chi connectivity index (χ0n) is 32.7. The molecular weight excluding hydrogens is 684 g/mol. The Balaban J connectivity index is 1.60. The molecule has 0 bridgehead atoms. The van der Waals surface area contributed by atoms with Gasteiger partial charge in [0.1, 0.15) is 12.1 Å². The van der Waals surface area contributed by atoms with Crippen molar-refractivity contribution < 1.29 is 29.4 Å². The van der Waals surface area contributed by atoms with E-state index in [-0.39, 0.29) is 30.7 Å². The van der Waals surface area contributed by atoms with E-state index in [4.69, 9.17) is 0 Å². The van der Waals surface area contributed by atoms with E-state index in [1.807, 2.05) is 99.6 Å². The first-order chi connectivity index (χ1) is 25.6. The topological polar surface area (TPSA) is 155 Å². The first-order valence-electron chi connectivity index (χ1n) is 18.9. The van der Waals surface area contributed by atoms with Gasteiger partial charge >= 0.3 is 12.1 Å². The first-order valence-corrected chi connectivity index (χ1v) is 18.9. The number of pyridine rings is 1. The Kier molecular flexibility index (Phi) is 14.6. The molecule has 1 saturated heterocycles. The molecule has 1 fully saturated rings. The number of aromatic nitrogens is 1. The smallest absolute Gasteiger partial charge is 0.407 e. The third kappa shape index (κ3) is 11.3. The van der Waals surface area contributed by atoms with Crippen LogP contribution in [0.5, 0.6) is 0 Å². The van der Waals surface area contributed by atoms with Crippen LogP contribution in [0.25, 0.3) is 0 Å². The van der Waals surface area contributed by atoms with E-state index >= 15 is 0 Å². The number of urea groups is 1. The van der Waals surface area contributed by atoms with Gasteiger partial charge in [-0.3, -0.25) is 19.5 Å². The van der Waals surface area contributed by atoms with Crippen LogP contribution < -0.4 is 10.6 Å². The summed E-state index contributed by atoms with van der Waals surface area (Å²) in [6.45, 7) is 12.5. The van der Waals surface area contributed by atoms with Gasteiger partial charge in [0.05, 0.1) is 24.4 Å². The second-order valence-corrected chi connectivity index (χ2v) is 15.7. The van der Waals surface area contributed by atoms with Crippen molar-refractivity contribution in [3.63, 3.8) is 0 Å². The Labute approximate surface area is 319 Å². The van der Waals surface area contributed by atoms with E-state index in [0.717, 1.165) is 27.4 Å². The van der Waals surface area contributed by atoms with Gasteiger partial charge in [-0.05, 0) is 60.8 Å². The van der Waals surface area contributed by atoms with Gasteiger partial charge in [0.25, 0.3) is 0 Å². The maximum Gasteiger partial charge on any atom is 0.407 e. The number of amides is 5. The molecule has 1 aliphatic heterocycles. The molecule has 5 amide bonds. The summed E-state index contributed by atoms with van der Waals surface area (Å²) in [5.74, 6) is -0.981. The molecule has 4 N–H and O–H groups in total. The fraction of sp³-hybridized carbons (Fsp3) is 0.500. The lowest BCUT2D eigenvalue weighted by atomic mass is 9.84. The average molecular weight is 743 g/mol. The molecule has 4 rings (SSSR count). The highest BCUT2D eigenvalue weighted by molar-refractivity contribution is 5.88. The zero-order chi connectivity index (χ0) is 39.6. The summed E-state index contributed by atoms with van der Waals surface area (Å²) in [5, 5.41) is 28.0. The minimum atomic E-state index is -1.24. The number of likely N-dealkylation sites (N-methyl/N-ethyl adjacent to an activating group) is 1. The third-order valence-electron chi connectivity index (χ3n) is 10.3. The number of hydrogen-bond acceptors (Lipinski definition) is 6. The van der Waals surface area contributed by atoms with Crippen LogP contribution in [0.15, 0.2) is 78.9 Å². The molecule has 0 spiro atoms. The fourth-order valence-corrected chi connectivity index (χ4v) is 7.33. The molecule has 2 aromatic carbocycles. The highest BCUT2D eigenvalue weighted by atomic mass is 16.4. The van der Waals surface area contributed by atoms with Gasteiger partial charge in [0.2, 0.25) is 11.8 Å². The molecule has 12 heteroatoms. The highest BCUT2D eigenvalue weighted by Crippen LogP contribution is 2.26. The van der Waals surface area contributed by atoms with Crippen LogP contribution in [0.4, 0.5) is 9.59 Å². The van der Waals surface area contributed by atoms with Crippen molar-refractivity contribution in [1.29, 1.82) is 0 Å². The van der Waals surface area contributed by atoms with Gasteiger partial charge in [0.15, 0.2) is 0 Å². The van der Waals surface area contributed by atoms with Crippen LogP contribution in [-0.2, 0) is 29.0 Å². The second kappa shape index (κ2) is 18.9. The molecule has 0 aliphatic carbocycles. The lowest BCUT2D eigenvalue weighted by Crippen LogP contribution is -2.58. The van der Waals surface area contributed by atoms with Gasteiger partial charge < -0.3 is 30.6 Å². The van der Waals surface area contributed by atoms with Crippen molar-refractivity contribution in [3.8, 4) is 0 Å². The monoisotopic (exact) mass is 742 g/mol. The van der Waals surface area contributed by atoms with E-state index < -0.39 is 47.7 Å². The summed E-state index contributed by atoms with van der Waals surface area (Å²) in [5.41, 5.74) is 2.73. The number of aliphatic hydroxyl groups is 1. The molecule has 1 aromatic heterocycles. The van der Waals surface area contributed by atoms with Crippen LogP contribution in [-0.4, -0.2) is 104 Å². The van der Waals surface area contributed by atoms with Gasteiger partial charge in [-0.25, -0.2) is 9.59 Å². The zero-order valence-corrected chi connectivity index (χ0v) is 32.7. The third-order valence-corrected chi connectivity index (χ3v) is 10.3. The summed E-state index contributed by atoms with van der Waals surface area (Å²) < 4.78 is 0. The highest BCUT2D eigenvalue weighted by Gasteiger charge is 2.42. The van der Waals surface area contributed by atoms with Gasteiger partial charge in [-0.15, -0.1) is 0 Å². The molecule has 12 nitrogen and oxygen atoms in total. The molecule has 6 atom stereocenters. The molecule has 1 aliphatic rings. The molecule has 3 aromatic rings. The number of rotatable bonds is 17. The van der Waals surface area contributed by atoms with E-state index in [1.54, 1.807) is 30.6 Å². The largest absolute Gasteiger partial charge is 0.465 e. The van der Waals surface area contributed by atoms with E-state index in [9.17, 15) is 29.4 Å². The van der Waals surface area contributed by atoms with Crippen LogP contribution in [0.2, 0.25) is 0 Å². The van der Waals surface area contributed by atoms with Crippen molar-refractivity contribution in [2.45, 2.75) is 104 Å². The number of carbonyl (C=O) groups excluding carboxylic acids is 3. The number of hydrogen-bond donors (Lipinski definition) is 4. The predicted molar refractivity (Wildman–Crippen MR) is 209 cm³/mol. The number of benzene rings is 2. The molecule has 292 valence electrons. The van der Waals surface area contributed by atoms with Crippen molar-refractivity contribution in [1.82, 2.24) is 30.3 Å². The summed E-state index contributed by atoms with van der Waals surface area (Å²) >= 11 is 0. The SMILES string of the molecule is CCC(C)[C@@H](C(=O)N[C@@H](Cc1ccccc1)C[C@@H](O)[C@H](Cc1ccccc1)NC(=O)[C@@H](N(C)C(=O)O)C(C)(C)C)N1CCN(Cc2cccc(C)n2)C1=O. The Morgan fingerprint density at radius 2 is 1.50 bits per heavy atom. The summed E-state index contributed by atoms with van der Waals surface area (Å²) in [4.78, 5) is 63.0. The van der Waals surface area contributed by atoms with Crippen LogP contribution >= 0.6 is 0 Å². The maximum absolute atomic E-state index is 14.4. The molecule has 2 heterocycles. The second-order valence-electron chi connectivity index (χ2n) is 15.7. The van der Waals surface area contributed by atoms with E-state index in [1.165, 1.54) is 7.05 Å². The molecule has 0 radical (unpaired) electrons. The summed E-state index contributed by atoms with van der Waals surface area (Å²) in [7, 11) is 1.36. The number of nitrogens with zero attached hydrogens (tertiary/aromatic N) is 4. The predicted octanol–water partition coefficient (Wildman–Crippen LogP) is 5.27. The van der Waals surface area contributed by atoms with Crippen LogP contribution in [0.3, 0.4) is 0 Å². The van der Waals surface area contributed by atoms with Gasteiger partial charge in [-0.1, -0.05) is 108 Å². The van der Waals surface area contributed by atoms with Crippen molar-refractivity contribution in [2.24, 2.45) is 11.3 Å². The van der Waals surface area contributed by atoms with Crippen molar-refractivity contribution >= 4 is 23.9 Å². The Morgan fingerprint density at radius 3 is 2.06 bits per heavy atom. The number of carboxylic acid groups (broad SMARTS) is 1. The van der Waals surface area contributed by atoms with Crippen LogP contribution in [0, 0.1) is 18.3 Å². The quantitative estimate of drug-likeness (QED) is 0.147. The minimum absolute atomic E-state index is 0.0830. The summed E-state index contributed by atoms with van der Waals surface area (Å²) in [6.07, 6.45) is -0.951. The molecular formula is C42H58N6O6. The minimum Gasteiger partial charge on any atom is -0.465 e. The number of aliphatic hydroxyl groups excluding tert-OH is 1. The first kappa shape index (κ1) is 41.8. The van der Waals surface area contributed by atoms with E-state index in [0.29, 0.717) is 32.5 Å². The molecule has 1 unspecified atom stereocenters. The number of nitrogens with one attached hydrogen (secondary N) is 2. The van der Waals surface area contributed by atoms with Gasteiger partial charge in [0, 0.05) is 31.9 Å². The number of aryl methyl sites for hydroxylation is 1.